The maximum Gasteiger partial charge on any atom is 0.119 e. The van der Waals surface area contributed by atoms with Crippen molar-refractivity contribution in [3.63, 3.8) is 0 Å². The van der Waals surface area contributed by atoms with Crippen molar-refractivity contribution in [2.24, 2.45) is 0 Å². The summed E-state index contributed by atoms with van der Waals surface area (Å²) in [6, 6.07) is 18.0. The van der Waals surface area contributed by atoms with Crippen molar-refractivity contribution in [3.05, 3.63) is 71.0 Å². The van der Waals surface area contributed by atoms with Crippen LogP contribution in [0.15, 0.2) is 54.6 Å². The number of hydrogen-bond acceptors (Lipinski definition) is 3. The number of aliphatic hydroxyl groups is 1. The van der Waals surface area contributed by atoms with Crippen LogP contribution < -0.4 is 4.74 Å². The lowest BCUT2D eigenvalue weighted by atomic mass is 10.1. The van der Waals surface area contributed by atoms with Crippen LogP contribution in [0.25, 0.3) is 11.1 Å². The van der Waals surface area contributed by atoms with Gasteiger partial charge in [0.25, 0.3) is 0 Å². The minimum absolute atomic E-state index is 0.195. The quantitative estimate of drug-likeness (QED) is 0.717. The first-order chi connectivity index (χ1) is 12.0. The number of ether oxygens (including phenoxy) is 1. The Morgan fingerprint density at radius 3 is 2.28 bits per heavy atom. The number of aliphatic hydroxyl groups excluding tert-OH is 1. The summed E-state index contributed by atoms with van der Waals surface area (Å²) in [6.45, 7) is 4.28. The average molecular weight is 357 g/mol. The third-order valence-corrected chi connectivity index (χ3v) is 4.63. The highest BCUT2D eigenvalue weighted by atomic mass is 35.5. The molecule has 4 nitrogen and oxygen atoms in total. The molecule has 0 amide bonds. The molecule has 1 N–H and O–H groups in total. The van der Waals surface area contributed by atoms with Crippen LogP contribution in [0.4, 0.5) is 0 Å². The highest BCUT2D eigenvalue weighted by molar-refractivity contribution is 6.31. The van der Waals surface area contributed by atoms with Crippen molar-refractivity contribution in [1.82, 2.24) is 9.78 Å². The van der Waals surface area contributed by atoms with Crippen LogP contribution in [0.3, 0.4) is 0 Å². The maximum absolute atomic E-state index is 10.2. The minimum Gasteiger partial charge on any atom is -0.491 e. The van der Waals surface area contributed by atoms with Crippen LogP contribution in [0.1, 0.15) is 11.4 Å². The summed E-state index contributed by atoms with van der Waals surface area (Å²) in [7, 11) is 0. The molecule has 3 rings (SSSR count). The predicted molar refractivity (Wildman–Crippen MR) is 100 cm³/mol. The lowest BCUT2D eigenvalue weighted by Gasteiger charge is -2.14. The second-order valence-corrected chi connectivity index (χ2v) is 6.40. The van der Waals surface area contributed by atoms with E-state index in [1.165, 1.54) is 0 Å². The Kier molecular flexibility index (Phi) is 5.41. The molecule has 0 saturated heterocycles. The van der Waals surface area contributed by atoms with Gasteiger partial charge in [-0.1, -0.05) is 54.1 Å². The van der Waals surface area contributed by atoms with Crippen molar-refractivity contribution < 1.29 is 9.84 Å². The van der Waals surface area contributed by atoms with Crippen molar-refractivity contribution in [2.75, 3.05) is 6.61 Å². The fourth-order valence-corrected chi connectivity index (χ4v) is 2.81. The number of rotatable bonds is 6. The first kappa shape index (κ1) is 17.5. The summed E-state index contributed by atoms with van der Waals surface area (Å²) >= 11 is 6.12. The third kappa shape index (κ3) is 4.21. The lowest BCUT2D eigenvalue weighted by Crippen LogP contribution is -2.24. The zero-order valence-corrected chi connectivity index (χ0v) is 15.1. The van der Waals surface area contributed by atoms with E-state index in [9.17, 15) is 5.11 Å². The number of aryl methyl sites for hydroxylation is 1. The van der Waals surface area contributed by atoms with Crippen LogP contribution in [-0.2, 0) is 6.54 Å². The average Bonchev–Trinajstić information content (AvgIpc) is 2.88. The molecule has 0 aliphatic heterocycles. The van der Waals surface area contributed by atoms with Gasteiger partial charge in [0.2, 0.25) is 0 Å². The molecule has 1 atom stereocenters. The van der Waals surface area contributed by atoms with E-state index in [1.807, 2.05) is 56.3 Å². The van der Waals surface area contributed by atoms with Gasteiger partial charge in [0.15, 0.2) is 0 Å². The van der Waals surface area contributed by atoms with Gasteiger partial charge in [-0.05, 0) is 37.1 Å². The molecule has 0 bridgehead atoms. The van der Waals surface area contributed by atoms with Gasteiger partial charge in [-0.25, -0.2) is 0 Å². The predicted octanol–water partition coefficient (Wildman–Crippen LogP) is 4.26. The second kappa shape index (κ2) is 7.72. The summed E-state index contributed by atoms with van der Waals surface area (Å²) in [4.78, 5) is 0. The lowest BCUT2D eigenvalue weighted by molar-refractivity contribution is 0.0887. The zero-order valence-electron chi connectivity index (χ0n) is 14.3. The smallest absolute Gasteiger partial charge is 0.119 e. The third-order valence-electron chi connectivity index (χ3n) is 4.08. The second-order valence-electron chi connectivity index (χ2n) is 6.02. The summed E-state index contributed by atoms with van der Waals surface area (Å²) < 4.78 is 7.40. The molecule has 0 saturated carbocycles. The summed E-state index contributed by atoms with van der Waals surface area (Å²) in [5, 5.41) is 15.2. The van der Waals surface area contributed by atoms with Crippen molar-refractivity contribution in [1.29, 1.82) is 0 Å². The Labute approximate surface area is 152 Å². The molecule has 1 unspecified atom stereocenters. The first-order valence-electron chi connectivity index (χ1n) is 8.20. The maximum atomic E-state index is 10.2. The minimum atomic E-state index is -0.664. The molecule has 25 heavy (non-hydrogen) atoms. The van der Waals surface area contributed by atoms with Crippen LogP contribution in [-0.4, -0.2) is 27.6 Å². The molecule has 0 spiro atoms. The summed E-state index contributed by atoms with van der Waals surface area (Å²) in [5.74, 6) is 0.727. The van der Waals surface area contributed by atoms with E-state index in [0.29, 0.717) is 11.6 Å². The normalized spacial score (nSPS) is 12.2. The highest BCUT2D eigenvalue weighted by Gasteiger charge is 2.13. The van der Waals surface area contributed by atoms with Crippen molar-refractivity contribution in [2.45, 2.75) is 26.5 Å². The van der Waals surface area contributed by atoms with Gasteiger partial charge >= 0.3 is 0 Å². The molecule has 0 radical (unpaired) electrons. The standard InChI is InChI=1S/C20H21ClN2O2/c1-14-20(21)15(2)23(22-14)12-18(24)13-25-19-10-8-17(9-11-19)16-6-4-3-5-7-16/h3-11,18,24H,12-13H2,1-2H3. The molecular weight excluding hydrogens is 336 g/mol. The molecule has 0 aliphatic rings. The van der Waals surface area contributed by atoms with E-state index >= 15 is 0 Å². The van der Waals surface area contributed by atoms with Crippen molar-refractivity contribution in [3.8, 4) is 16.9 Å². The molecule has 3 aromatic rings. The summed E-state index contributed by atoms with van der Waals surface area (Å²) in [6.07, 6.45) is -0.664. The van der Waals surface area contributed by atoms with E-state index in [2.05, 4.69) is 17.2 Å². The number of halogens is 1. The van der Waals surface area contributed by atoms with Gasteiger partial charge in [0.1, 0.15) is 18.5 Å². The van der Waals surface area contributed by atoms with Crippen LogP contribution >= 0.6 is 11.6 Å². The fraction of sp³-hybridized carbons (Fsp3) is 0.250. The van der Waals surface area contributed by atoms with Crippen LogP contribution in [0.5, 0.6) is 5.75 Å². The number of benzene rings is 2. The zero-order chi connectivity index (χ0) is 17.8. The first-order valence-corrected chi connectivity index (χ1v) is 8.58. The van der Waals surface area contributed by atoms with E-state index in [0.717, 1.165) is 28.3 Å². The molecule has 5 heteroatoms. The number of aromatic nitrogens is 2. The van der Waals surface area contributed by atoms with Crippen molar-refractivity contribution >= 4 is 11.6 Å². The molecular formula is C20H21ClN2O2. The molecule has 2 aromatic carbocycles. The van der Waals surface area contributed by atoms with Gasteiger partial charge in [0, 0.05) is 0 Å². The Bertz CT molecular complexity index is 829. The van der Waals surface area contributed by atoms with Crippen LogP contribution in [0, 0.1) is 13.8 Å². The molecule has 1 heterocycles. The van der Waals surface area contributed by atoms with Gasteiger partial charge in [-0.2, -0.15) is 5.10 Å². The Morgan fingerprint density at radius 2 is 1.68 bits per heavy atom. The van der Waals surface area contributed by atoms with Gasteiger partial charge < -0.3 is 9.84 Å². The monoisotopic (exact) mass is 356 g/mol. The Morgan fingerprint density at radius 1 is 1.04 bits per heavy atom. The molecule has 0 fully saturated rings. The van der Waals surface area contributed by atoms with E-state index in [4.69, 9.17) is 16.3 Å². The molecule has 130 valence electrons. The van der Waals surface area contributed by atoms with E-state index < -0.39 is 6.10 Å². The molecule has 1 aromatic heterocycles. The topological polar surface area (TPSA) is 47.3 Å². The largest absolute Gasteiger partial charge is 0.491 e. The van der Waals surface area contributed by atoms with Gasteiger partial charge in [-0.3, -0.25) is 4.68 Å². The highest BCUT2D eigenvalue weighted by Crippen LogP contribution is 2.22. The fourth-order valence-electron chi connectivity index (χ4n) is 2.67. The van der Waals surface area contributed by atoms with E-state index in [-0.39, 0.29) is 6.61 Å². The molecule has 0 aliphatic carbocycles. The number of nitrogens with zero attached hydrogens (tertiary/aromatic N) is 2. The van der Waals surface area contributed by atoms with E-state index in [1.54, 1.807) is 4.68 Å². The SMILES string of the molecule is Cc1nn(CC(O)COc2ccc(-c3ccccc3)cc2)c(C)c1Cl. The Hall–Kier alpha value is -2.30. The van der Waals surface area contributed by atoms with Crippen LogP contribution in [0.2, 0.25) is 5.02 Å². The van der Waals surface area contributed by atoms with Gasteiger partial charge in [-0.15, -0.1) is 0 Å². The number of hydrogen-bond donors (Lipinski definition) is 1. The van der Waals surface area contributed by atoms with Gasteiger partial charge in [0.05, 0.1) is 23.0 Å². The summed E-state index contributed by atoms with van der Waals surface area (Å²) in [5.41, 5.74) is 3.91. The Balaban J connectivity index is 1.57.